The number of H-pyrrole nitrogens is 1. The van der Waals surface area contributed by atoms with E-state index >= 15 is 0 Å². The van der Waals surface area contributed by atoms with Gasteiger partial charge in [-0.2, -0.15) is 0 Å². The third kappa shape index (κ3) is 5.75. The van der Waals surface area contributed by atoms with Gasteiger partial charge in [-0.1, -0.05) is 60.6 Å². The van der Waals surface area contributed by atoms with Crippen molar-refractivity contribution in [2.75, 3.05) is 14.2 Å². The number of carbonyl (C=O) groups excluding carboxylic acids is 1. The number of ether oxygens (including phenoxy) is 2. The summed E-state index contributed by atoms with van der Waals surface area (Å²) < 4.78 is 17.8. The lowest BCUT2D eigenvalue weighted by Crippen LogP contribution is -2.41. The molecule has 0 spiro atoms. The van der Waals surface area contributed by atoms with E-state index in [4.69, 9.17) is 14.0 Å². The topological polar surface area (TPSA) is 138 Å². The number of hydrogen-bond donors (Lipinski definition) is 1. The first-order valence-corrected chi connectivity index (χ1v) is 14.9. The fourth-order valence-electron chi connectivity index (χ4n) is 5.17. The van der Waals surface area contributed by atoms with E-state index in [1.54, 1.807) is 28.8 Å². The number of nitrogens with zero attached hydrogens (tertiary/aromatic N) is 3. The molecule has 12 heteroatoms. The summed E-state index contributed by atoms with van der Waals surface area (Å²) >= 11 is 1.39. The molecule has 0 atom stereocenters. The average Bonchev–Trinajstić information content (AvgIpc) is 3.71. The van der Waals surface area contributed by atoms with E-state index in [0.717, 1.165) is 26.1 Å². The molecule has 6 rings (SSSR count). The van der Waals surface area contributed by atoms with Gasteiger partial charge in [-0.05, 0) is 41.3 Å². The zero-order valence-corrected chi connectivity index (χ0v) is 25.5. The van der Waals surface area contributed by atoms with Crippen LogP contribution in [0.5, 0.6) is 11.5 Å². The van der Waals surface area contributed by atoms with Crippen molar-refractivity contribution in [3.05, 3.63) is 120 Å². The molecule has 3 aromatic heterocycles. The number of nitrogens with one attached hydrogen (secondary N) is 1. The standard InChI is InChI=1S/C33H28N4O7S/c1-4-24-16-27-30(39)36(18-28(38)21-13-22(42-2)15-23(14-21)43-3)33(41)37(31(27)45-24)17-19-9-11-20(12-10-19)25-7-5-6-8-26(25)29-34-32(40)44-35-29/h5-16H,4,17-18H2,1-3H3,(H,34,35,40). The monoisotopic (exact) mass is 624 g/mol. The highest BCUT2D eigenvalue weighted by Gasteiger charge is 2.20. The van der Waals surface area contributed by atoms with Gasteiger partial charge in [-0.3, -0.25) is 28.2 Å². The van der Waals surface area contributed by atoms with Crippen LogP contribution in [0, 0.1) is 0 Å². The Hall–Kier alpha value is -5.49. The van der Waals surface area contributed by atoms with Gasteiger partial charge in [0.2, 0.25) is 0 Å². The molecule has 3 heterocycles. The molecular formula is C33H28N4O7S. The molecule has 0 fully saturated rings. The third-order valence-electron chi connectivity index (χ3n) is 7.50. The Labute approximate surface area is 259 Å². The molecule has 0 amide bonds. The fraction of sp³-hybridized carbons (Fsp3) is 0.182. The molecule has 0 radical (unpaired) electrons. The Morgan fingerprint density at radius 2 is 1.60 bits per heavy atom. The van der Waals surface area contributed by atoms with Gasteiger partial charge >= 0.3 is 11.4 Å². The normalized spacial score (nSPS) is 11.2. The van der Waals surface area contributed by atoms with Crippen molar-refractivity contribution in [2.24, 2.45) is 0 Å². The van der Waals surface area contributed by atoms with Crippen molar-refractivity contribution in [1.82, 2.24) is 19.3 Å². The molecule has 0 aliphatic heterocycles. The minimum atomic E-state index is -0.641. The van der Waals surface area contributed by atoms with Gasteiger partial charge in [0.1, 0.15) is 16.3 Å². The van der Waals surface area contributed by atoms with Crippen LogP contribution in [0.2, 0.25) is 0 Å². The summed E-state index contributed by atoms with van der Waals surface area (Å²) in [7, 11) is 2.96. The zero-order valence-electron chi connectivity index (χ0n) is 24.7. The van der Waals surface area contributed by atoms with Crippen molar-refractivity contribution in [3.63, 3.8) is 0 Å². The van der Waals surface area contributed by atoms with Gasteiger partial charge in [0.25, 0.3) is 5.56 Å². The number of hydrogen-bond acceptors (Lipinski definition) is 9. The molecule has 11 nitrogen and oxygen atoms in total. The SMILES string of the molecule is CCc1cc2c(=O)n(CC(=O)c3cc(OC)cc(OC)c3)c(=O)n(Cc3ccc(-c4ccccc4-c4noc(=O)[nH]4)cc3)c2s1. The summed E-state index contributed by atoms with van der Waals surface area (Å²) in [6.07, 6.45) is 0.695. The Morgan fingerprint density at radius 1 is 0.911 bits per heavy atom. The maximum atomic E-state index is 13.9. The van der Waals surface area contributed by atoms with Crippen LogP contribution < -0.4 is 26.5 Å². The summed E-state index contributed by atoms with van der Waals surface area (Å²) in [6.45, 7) is 1.72. The average molecular weight is 625 g/mol. The molecular weight excluding hydrogens is 596 g/mol. The minimum Gasteiger partial charge on any atom is -0.497 e. The Kier molecular flexibility index (Phi) is 8.05. The first kappa shape index (κ1) is 29.6. The summed E-state index contributed by atoms with van der Waals surface area (Å²) in [6, 6.07) is 21.6. The Morgan fingerprint density at radius 3 is 2.22 bits per heavy atom. The molecule has 1 N–H and O–H groups in total. The molecule has 3 aromatic carbocycles. The largest absolute Gasteiger partial charge is 0.497 e. The number of fused-ring (bicyclic) bond motifs is 1. The van der Waals surface area contributed by atoms with Crippen LogP contribution in [0.15, 0.2) is 91.7 Å². The number of Topliss-reactive ketones (excluding diaryl/α,β-unsaturated/α-hetero) is 1. The Balaban J connectivity index is 1.37. The lowest BCUT2D eigenvalue weighted by Gasteiger charge is -2.13. The fourth-order valence-corrected chi connectivity index (χ4v) is 6.24. The predicted molar refractivity (Wildman–Crippen MR) is 171 cm³/mol. The van der Waals surface area contributed by atoms with Crippen molar-refractivity contribution >= 4 is 27.3 Å². The van der Waals surface area contributed by atoms with Crippen molar-refractivity contribution in [3.8, 4) is 34.0 Å². The Bertz CT molecular complexity index is 2200. The summed E-state index contributed by atoms with van der Waals surface area (Å²) in [5.74, 6) is 0.0902. The molecule has 0 aliphatic rings. The predicted octanol–water partition coefficient (Wildman–Crippen LogP) is 4.75. The van der Waals surface area contributed by atoms with E-state index in [0.29, 0.717) is 39.5 Å². The maximum absolute atomic E-state index is 13.9. The molecule has 228 valence electrons. The van der Waals surface area contributed by atoms with Crippen LogP contribution >= 0.6 is 11.3 Å². The van der Waals surface area contributed by atoms with Gasteiger partial charge in [0.05, 0.1) is 32.7 Å². The second-order valence-corrected chi connectivity index (χ2v) is 11.4. The quantitative estimate of drug-likeness (QED) is 0.216. The smallest absolute Gasteiger partial charge is 0.439 e. The first-order valence-electron chi connectivity index (χ1n) is 14.1. The van der Waals surface area contributed by atoms with E-state index < -0.39 is 29.3 Å². The zero-order chi connectivity index (χ0) is 31.7. The first-order chi connectivity index (χ1) is 21.8. The van der Waals surface area contributed by atoms with E-state index in [1.807, 2.05) is 55.5 Å². The van der Waals surface area contributed by atoms with Crippen LogP contribution in [-0.2, 0) is 19.5 Å². The van der Waals surface area contributed by atoms with Crippen LogP contribution in [0.4, 0.5) is 0 Å². The van der Waals surface area contributed by atoms with Gasteiger partial charge < -0.3 is 9.47 Å². The lowest BCUT2D eigenvalue weighted by molar-refractivity contribution is 0.0968. The second kappa shape index (κ2) is 12.2. The van der Waals surface area contributed by atoms with Crippen LogP contribution in [0.3, 0.4) is 0 Å². The number of aryl methyl sites for hydroxylation is 1. The van der Waals surface area contributed by atoms with E-state index in [9.17, 15) is 19.2 Å². The highest BCUT2D eigenvalue weighted by atomic mass is 32.1. The van der Waals surface area contributed by atoms with Crippen LogP contribution in [0.25, 0.3) is 32.7 Å². The van der Waals surface area contributed by atoms with Gasteiger partial charge in [0.15, 0.2) is 11.6 Å². The van der Waals surface area contributed by atoms with Gasteiger partial charge in [-0.25, -0.2) is 9.59 Å². The molecule has 0 aliphatic carbocycles. The minimum absolute atomic E-state index is 0.180. The molecule has 45 heavy (non-hydrogen) atoms. The molecule has 6 aromatic rings. The number of ketones is 1. The van der Waals surface area contributed by atoms with E-state index in [1.165, 1.54) is 25.6 Å². The summed E-state index contributed by atoms with van der Waals surface area (Å²) in [5.41, 5.74) is 2.38. The van der Waals surface area contributed by atoms with Gasteiger partial charge in [0, 0.05) is 22.1 Å². The number of aromatic nitrogens is 4. The highest BCUT2D eigenvalue weighted by molar-refractivity contribution is 7.18. The number of carbonyl (C=O) groups is 1. The number of benzene rings is 3. The van der Waals surface area contributed by atoms with E-state index in [2.05, 4.69) is 10.1 Å². The number of thiophene rings is 1. The third-order valence-corrected chi connectivity index (χ3v) is 8.80. The van der Waals surface area contributed by atoms with E-state index in [-0.39, 0.29) is 12.1 Å². The van der Waals surface area contributed by atoms with Crippen LogP contribution in [-0.4, -0.2) is 39.3 Å². The van der Waals surface area contributed by atoms with Crippen molar-refractivity contribution < 1.29 is 18.8 Å². The lowest BCUT2D eigenvalue weighted by atomic mass is 9.98. The van der Waals surface area contributed by atoms with Crippen LogP contribution in [0.1, 0.15) is 27.7 Å². The molecule has 0 unspecified atom stereocenters. The summed E-state index contributed by atoms with van der Waals surface area (Å²) in [4.78, 5) is 56.5. The molecule has 0 saturated heterocycles. The maximum Gasteiger partial charge on any atom is 0.439 e. The number of aromatic amines is 1. The highest BCUT2D eigenvalue weighted by Crippen LogP contribution is 2.30. The second-order valence-electron chi connectivity index (χ2n) is 10.3. The van der Waals surface area contributed by atoms with Gasteiger partial charge in [-0.15, -0.1) is 11.3 Å². The van der Waals surface area contributed by atoms with Crippen molar-refractivity contribution in [2.45, 2.75) is 26.4 Å². The summed E-state index contributed by atoms with van der Waals surface area (Å²) in [5, 5.41) is 4.21. The number of methoxy groups -OCH3 is 2. The number of rotatable bonds is 10. The molecule has 0 bridgehead atoms. The molecule has 0 saturated carbocycles. The van der Waals surface area contributed by atoms with Crippen molar-refractivity contribution in [1.29, 1.82) is 0 Å².